The Labute approximate surface area is 162 Å². The topological polar surface area (TPSA) is 65.2 Å². The Kier molecular flexibility index (Phi) is 8.56. The number of aromatic nitrogens is 1. The fourth-order valence-corrected chi connectivity index (χ4v) is 3.03. The molecule has 1 heterocycles. The summed E-state index contributed by atoms with van der Waals surface area (Å²) >= 11 is 0. The predicted octanol–water partition coefficient (Wildman–Crippen LogP) is 5.25. The molecule has 2 N–H and O–H groups in total. The second kappa shape index (κ2) is 11.2. The Bertz CT molecular complexity index is 809. The third-order valence-electron chi connectivity index (χ3n) is 4.42. The summed E-state index contributed by atoms with van der Waals surface area (Å²) in [5.41, 5.74) is 7.02. The molecule has 0 bridgehead atoms. The van der Waals surface area contributed by atoms with E-state index in [1.54, 1.807) is 0 Å². The van der Waals surface area contributed by atoms with Gasteiger partial charge in [0.25, 0.3) is 0 Å². The highest BCUT2D eigenvalue weighted by molar-refractivity contribution is 5.87. The molecule has 0 saturated heterocycles. The Hall–Kier alpha value is -2.62. The van der Waals surface area contributed by atoms with Gasteiger partial charge in [0, 0.05) is 23.2 Å². The highest BCUT2D eigenvalue weighted by Gasteiger charge is 2.03. The van der Waals surface area contributed by atoms with Gasteiger partial charge in [-0.25, -0.2) is 4.98 Å². The van der Waals surface area contributed by atoms with Crippen LogP contribution in [0.15, 0.2) is 54.1 Å². The van der Waals surface area contributed by atoms with Crippen molar-refractivity contribution in [2.45, 2.75) is 52.4 Å². The lowest BCUT2D eigenvalue weighted by Crippen LogP contribution is -2.06. The number of pyridine rings is 1. The molecule has 1 amide bonds. The molecule has 0 saturated carbocycles. The molecule has 2 aromatic rings. The minimum atomic E-state index is -0.395. The fourth-order valence-electron chi connectivity index (χ4n) is 3.03. The molecule has 0 atom stereocenters. The van der Waals surface area contributed by atoms with Crippen molar-refractivity contribution in [2.24, 2.45) is 5.73 Å². The number of carbonyl (C=O) groups excluding carboxylic acids is 1. The molecular weight excluding hydrogens is 336 g/mol. The van der Waals surface area contributed by atoms with E-state index in [0.717, 1.165) is 42.8 Å². The van der Waals surface area contributed by atoms with Gasteiger partial charge in [-0.15, -0.1) is 0 Å². The molecule has 27 heavy (non-hydrogen) atoms. The second-order valence-electron chi connectivity index (χ2n) is 6.87. The number of aryl methyl sites for hydroxylation is 1. The van der Waals surface area contributed by atoms with Gasteiger partial charge in [-0.3, -0.25) is 4.79 Å². The maximum absolute atomic E-state index is 10.7. The third-order valence-corrected chi connectivity index (χ3v) is 4.42. The zero-order valence-electron chi connectivity index (χ0n) is 16.4. The van der Waals surface area contributed by atoms with Gasteiger partial charge in [-0.2, -0.15) is 0 Å². The minimum Gasteiger partial charge on any atom is -0.478 e. The zero-order chi connectivity index (χ0) is 19.5. The second-order valence-corrected chi connectivity index (χ2v) is 6.87. The van der Waals surface area contributed by atoms with Crippen molar-refractivity contribution in [3.63, 3.8) is 0 Å². The highest BCUT2D eigenvalue weighted by atomic mass is 16.5. The molecule has 0 unspecified atom stereocenters. The van der Waals surface area contributed by atoms with E-state index in [9.17, 15) is 4.79 Å². The first kappa shape index (κ1) is 20.7. The summed E-state index contributed by atoms with van der Waals surface area (Å²) in [4.78, 5) is 15.3. The first-order valence-electron chi connectivity index (χ1n) is 9.70. The predicted molar refractivity (Wildman–Crippen MR) is 112 cm³/mol. The van der Waals surface area contributed by atoms with Gasteiger partial charge in [0.1, 0.15) is 0 Å². The summed E-state index contributed by atoms with van der Waals surface area (Å²) in [5.74, 6) is 0.323. The SMILES string of the molecule is CC(C=CCCCCCCCOc1cc2ccccc2c(C)n1)=CC(N)=O. The Morgan fingerprint density at radius 2 is 1.89 bits per heavy atom. The standard InChI is InChI=1S/C23H30N2O2/c1-18(16-22(24)26)12-8-6-4-3-5-7-11-15-27-23-17-20-13-9-10-14-21(20)19(2)25-23/h8-10,12-14,16-17H,3-7,11,15H2,1-2H3,(H2,24,26). The van der Waals surface area contributed by atoms with Crippen molar-refractivity contribution in [2.75, 3.05) is 6.61 Å². The number of allylic oxidation sites excluding steroid dienone is 3. The van der Waals surface area contributed by atoms with Gasteiger partial charge in [-0.05, 0) is 44.1 Å². The fraction of sp³-hybridized carbons (Fsp3) is 0.391. The van der Waals surface area contributed by atoms with Crippen LogP contribution >= 0.6 is 0 Å². The maximum atomic E-state index is 10.7. The van der Waals surface area contributed by atoms with Crippen molar-refractivity contribution in [1.82, 2.24) is 4.98 Å². The molecule has 1 aromatic heterocycles. The van der Waals surface area contributed by atoms with Crippen LogP contribution in [0.1, 0.15) is 51.1 Å². The summed E-state index contributed by atoms with van der Waals surface area (Å²) in [7, 11) is 0. The number of hydrogen-bond donors (Lipinski definition) is 1. The zero-order valence-corrected chi connectivity index (χ0v) is 16.4. The number of rotatable bonds is 11. The minimum absolute atomic E-state index is 0.395. The number of carbonyl (C=O) groups is 1. The average molecular weight is 367 g/mol. The Morgan fingerprint density at radius 1 is 1.15 bits per heavy atom. The lowest BCUT2D eigenvalue weighted by Gasteiger charge is -2.08. The van der Waals surface area contributed by atoms with E-state index < -0.39 is 5.91 Å². The van der Waals surface area contributed by atoms with Gasteiger partial charge in [0.05, 0.1) is 6.61 Å². The smallest absolute Gasteiger partial charge is 0.241 e. The molecule has 4 heteroatoms. The first-order chi connectivity index (χ1) is 13.1. The van der Waals surface area contributed by atoms with E-state index in [2.05, 4.69) is 23.2 Å². The molecule has 0 spiro atoms. The van der Waals surface area contributed by atoms with Crippen LogP contribution in [0.2, 0.25) is 0 Å². The highest BCUT2D eigenvalue weighted by Crippen LogP contribution is 2.21. The van der Waals surface area contributed by atoms with E-state index in [-0.39, 0.29) is 0 Å². The monoisotopic (exact) mass is 366 g/mol. The van der Waals surface area contributed by atoms with Gasteiger partial charge in [0.2, 0.25) is 11.8 Å². The number of fused-ring (bicyclic) bond motifs is 1. The van der Waals surface area contributed by atoms with Crippen molar-refractivity contribution >= 4 is 16.7 Å². The quantitative estimate of drug-likeness (QED) is 0.335. The number of nitrogens with two attached hydrogens (primary N) is 1. The first-order valence-corrected chi connectivity index (χ1v) is 9.70. The maximum Gasteiger partial charge on any atom is 0.241 e. The largest absolute Gasteiger partial charge is 0.478 e. The number of nitrogens with zero attached hydrogens (tertiary/aromatic N) is 1. The number of amides is 1. The molecule has 4 nitrogen and oxygen atoms in total. The van der Waals surface area contributed by atoms with Crippen LogP contribution in [0.3, 0.4) is 0 Å². The summed E-state index contributed by atoms with van der Waals surface area (Å²) in [6, 6.07) is 10.3. The number of benzene rings is 1. The molecule has 2 rings (SSSR count). The number of hydrogen-bond acceptors (Lipinski definition) is 3. The van der Waals surface area contributed by atoms with Gasteiger partial charge in [-0.1, -0.05) is 55.7 Å². The molecule has 0 aliphatic rings. The molecule has 0 aliphatic carbocycles. The van der Waals surface area contributed by atoms with E-state index in [1.165, 1.54) is 29.7 Å². The molecule has 0 fully saturated rings. The molecule has 144 valence electrons. The Morgan fingerprint density at radius 3 is 2.70 bits per heavy atom. The van der Waals surface area contributed by atoms with Crippen molar-refractivity contribution < 1.29 is 9.53 Å². The molecule has 0 radical (unpaired) electrons. The van der Waals surface area contributed by atoms with Gasteiger partial charge >= 0.3 is 0 Å². The van der Waals surface area contributed by atoms with E-state index in [0.29, 0.717) is 6.61 Å². The van der Waals surface area contributed by atoms with Crippen molar-refractivity contribution in [1.29, 1.82) is 0 Å². The van der Waals surface area contributed by atoms with Crippen molar-refractivity contribution in [3.05, 3.63) is 59.8 Å². The van der Waals surface area contributed by atoms with Crippen LogP contribution in [0.25, 0.3) is 10.8 Å². The number of primary amides is 1. The molecule has 1 aromatic carbocycles. The summed E-state index contributed by atoms with van der Waals surface area (Å²) in [6.45, 7) is 4.61. The summed E-state index contributed by atoms with van der Waals surface area (Å²) < 4.78 is 5.83. The Balaban J connectivity index is 1.58. The summed E-state index contributed by atoms with van der Waals surface area (Å²) in [5, 5.41) is 2.35. The van der Waals surface area contributed by atoms with Crippen LogP contribution in [0.4, 0.5) is 0 Å². The van der Waals surface area contributed by atoms with Crippen LogP contribution in [-0.4, -0.2) is 17.5 Å². The average Bonchev–Trinajstić information content (AvgIpc) is 2.62. The van der Waals surface area contributed by atoms with Crippen LogP contribution < -0.4 is 10.5 Å². The van der Waals surface area contributed by atoms with Gasteiger partial charge < -0.3 is 10.5 Å². The van der Waals surface area contributed by atoms with Crippen LogP contribution in [-0.2, 0) is 4.79 Å². The van der Waals surface area contributed by atoms with Gasteiger partial charge in [0.15, 0.2) is 0 Å². The molecular formula is C23H30N2O2. The number of ether oxygens (including phenoxy) is 1. The van der Waals surface area contributed by atoms with Crippen molar-refractivity contribution in [3.8, 4) is 5.88 Å². The normalized spacial score (nSPS) is 12.0. The number of unbranched alkanes of at least 4 members (excludes halogenated alkanes) is 5. The van der Waals surface area contributed by atoms with Crippen LogP contribution in [0.5, 0.6) is 5.88 Å². The van der Waals surface area contributed by atoms with E-state index >= 15 is 0 Å². The van der Waals surface area contributed by atoms with E-state index in [4.69, 9.17) is 10.5 Å². The summed E-state index contributed by atoms with van der Waals surface area (Å²) in [6.07, 6.45) is 12.3. The lowest BCUT2D eigenvalue weighted by atomic mass is 10.1. The van der Waals surface area contributed by atoms with Crippen LogP contribution in [0, 0.1) is 6.92 Å². The molecule has 0 aliphatic heterocycles. The lowest BCUT2D eigenvalue weighted by molar-refractivity contribution is -0.113. The third kappa shape index (κ3) is 7.65. The van der Waals surface area contributed by atoms with E-state index in [1.807, 2.05) is 38.1 Å².